The summed E-state index contributed by atoms with van der Waals surface area (Å²) >= 11 is 0. The molecule has 2 aromatic carbocycles. The number of amides is 1. The predicted molar refractivity (Wildman–Crippen MR) is 105 cm³/mol. The van der Waals surface area contributed by atoms with E-state index in [0.29, 0.717) is 0 Å². The number of rotatable bonds is 5. The largest absolute Gasteiger partial charge is 0.464 e. The van der Waals surface area contributed by atoms with Crippen molar-refractivity contribution in [1.29, 1.82) is 0 Å². The van der Waals surface area contributed by atoms with Crippen molar-refractivity contribution < 1.29 is 18.7 Å². The molecule has 1 heterocycles. The van der Waals surface area contributed by atoms with E-state index in [1.807, 2.05) is 57.2 Å². The summed E-state index contributed by atoms with van der Waals surface area (Å²) in [5.74, 6) is -0.827. The summed E-state index contributed by atoms with van der Waals surface area (Å²) in [6, 6.07) is 11.6. The molecule has 0 aliphatic carbocycles. The summed E-state index contributed by atoms with van der Waals surface area (Å²) in [6.45, 7) is 7.41. The van der Waals surface area contributed by atoms with E-state index in [4.69, 9.17) is 9.15 Å². The van der Waals surface area contributed by atoms with Gasteiger partial charge in [-0.1, -0.05) is 24.3 Å². The van der Waals surface area contributed by atoms with Crippen molar-refractivity contribution >= 4 is 28.5 Å². The molecule has 27 heavy (non-hydrogen) atoms. The van der Waals surface area contributed by atoms with Gasteiger partial charge in [0.05, 0.1) is 12.7 Å². The van der Waals surface area contributed by atoms with E-state index < -0.39 is 12.1 Å². The summed E-state index contributed by atoms with van der Waals surface area (Å²) < 4.78 is 10.8. The van der Waals surface area contributed by atoms with Crippen LogP contribution in [0.2, 0.25) is 0 Å². The number of aryl methyl sites for hydroxylation is 3. The van der Waals surface area contributed by atoms with Gasteiger partial charge in [0, 0.05) is 16.6 Å². The first kappa shape index (κ1) is 18.7. The van der Waals surface area contributed by atoms with Gasteiger partial charge in [-0.15, -0.1) is 0 Å². The molecule has 0 bridgehead atoms. The summed E-state index contributed by atoms with van der Waals surface area (Å²) in [5.41, 5.74) is 5.28. The van der Waals surface area contributed by atoms with Gasteiger partial charge >= 0.3 is 5.97 Å². The van der Waals surface area contributed by atoms with E-state index in [2.05, 4.69) is 5.32 Å². The molecule has 3 aromatic rings. The average molecular weight is 365 g/mol. The highest BCUT2D eigenvalue weighted by Gasteiger charge is 2.20. The molecule has 5 heteroatoms. The van der Waals surface area contributed by atoms with Crippen LogP contribution in [0.1, 0.15) is 29.2 Å². The van der Waals surface area contributed by atoms with Crippen molar-refractivity contribution in [3.05, 3.63) is 64.9 Å². The van der Waals surface area contributed by atoms with Crippen molar-refractivity contribution in [2.24, 2.45) is 0 Å². The molecule has 140 valence electrons. The summed E-state index contributed by atoms with van der Waals surface area (Å²) in [6.07, 6.45) is 0.724. The summed E-state index contributed by atoms with van der Waals surface area (Å²) in [7, 11) is 0. The Balaban J connectivity index is 1.62. The zero-order chi connectivity index (χ0) is 19.6. The maximum Gasteiger partial charge on any atom is 0.311 e. The topological polar surface area (TPSA) is 68.5 Å². The van der Waals surface area contributed by atoms with Crippen molar-refractivity contribution in [1.82, 2.24) is 0 Å². The lowest BCUT2D eigenvalue weighted by molar-refractivity contribution is -0.152. The molecule has 0 unspecified atom stereocenters. The monoisotopic (exact) mass is 365 g/mol. The molecule has 3 rings (SSSR count). The highest BCUT2D eigenvalue weighted by molar-refractivity contribution is 5.96. The molecule has 1 amide bonds. The third-order valence-electron chi connectivity index (χ3n) is 4.47. The minimum Gasteiger partial charge on any atom is -0.464 e. The Bertz CT molecular complexity index is 1000. The minimum absolute atomic E-state index is 0.0527. The van der Waals surface area contributed by atoms with Gasteiger partial charge in [0.2, 0.25) is 0 Å². The molecule has 1 aromatic heterocycles. The van der Waals surface area contributed by atoms with Crippen LogP contribution in [0.3, 0.4) is 0 Å². The van der Waals surface area contributed by atoms with Crippen LogP contribution >= 0.6 is 0 Å². The number of carbonyl (C=O) groups excluding carboxylic acids is 2. The molecule has 0 fully saturated rings. The van der Waals surface area contributed by atoms with Crippen LogP contribution in [0.5, 0.6) is 0 Å². The Labute approximate surface area is 158 Å². The summed E-state index contributed by atoms with van der Waals surface area (Å²) in [5, 5.41) is 3.70. The van der Waals surface area contributed by atoms with Crippen LogP contribution in [-0.2, 0) is 20.7 Å². The third kappa shape index (κ3) is 4.37. The normalized spacial score (nSPS) is 12.0. The standard InChI is InChI=1S/C22H23NO4/c1-13-5-7-15(3)19(9-13)23-22(25)16(4)27-21(24)11-17-12-26-20-10-14(2)6-8-18(17)20/h5-10,12,16H,11H2,1-4H3,(H,23,25)/t16-/m1/s1. The lowest BCUT2D eigenvalue weighted by Gasteiger charge is -2.15. The first-order valence-electron chi connectivity index (χ1n) is 8.88. The quantitative estimate of drug-likeness (QED) is 0.677. The van der Waals surface area contributed by atoms with Gasteiger partial charge in [0.15, 0.2) is 6.10 Å². The Kier molecular flexibility index (Phi) is 5.31. The maximum atomic E-state index is 12.4. The molecule has 1 atom stereocenters. The molecular weight excluding hydrogens is 342 g/mol. The number of benzene rings is 2. The van der Waals surface area contributed by atoms with Crippen molar-refractivity contribution in [2.75, 3.05) is 5.32 Å². The molecular formula is C22H23NO4. The zero-order valence-electron chi connectivity index (χ0n) is 16.0. The first-order chi connectivity index (χ1) is 12.8. The van der Waals surface area contributed by atoms with Crippen LogP contribution in [0.15, 0.2) is 47.1 Å². The number of carbonyl (C=O) groups is 2. The van der Waals surface area contributed by atoms with Crippen LogP contribution in [0, 0.1) is 20.8 Å². The Morgan fingerprint density at radius 3 is 2.56 bits per heavy atom. The fraction of sp³-hybridized carbons (Fsp3) is 0.273. The Morgan fingerprint density at radius 2 is 1.78 bits per heavy atom. The van der Waals surface area contributed by atoms with Crippen LogP contribution < -0.4 is 5.32 Å². The smallest absolute Gasteiger partial charge is 0.311 e. The second kappa shape index (κ2) is 7.66. The van der Waals surface area contributed by atoms with Crippen molar-refractivity contribution in [3.8, 4) is 0 Å². The van der Waals surface area contributed by atoms with E-state index >= 15 is 0 Å². The molecule has 0 saturated carbocycles. The number of nitrogens with one attached hydrogen (secondary N) is 1. The highest BCUT2D eigenvalue weighted by atomic mass is 16.5. The SMILES string of the molecule is Cc1ccc(C)c(NC(=O)[C@@H](C)OC(=O)Cc2coc3cc(C)ccc23)c1. The fourth-order valence-electron chi connectivity index (χ4n) is 2.88. The van der Waals surface area contributed by atoms with E-state index in [1.165, 1.54) is 0 Å². The second-order valence-electron chi connectivity index (χ2n) is 6.88. The van der Waals surface area contributed by atoms with Crippen LogP contribution in [-0.4, -0.2) is 18.0 Å². The van der Waals surface area contributed by atoms with Gasteiger partial charge in [-0.2, -0.15) is 0 Å². The number of furan rings is 1. The van der Waals surface area contributed by atoms with Gasteiger partial charge < -0.3 is 14.5 Å². The molecule has 0 spiro atoms. The molecule has 0 saturated heterocycles. The second-order valence-corrected chi connectivity index (χ2v) is 6.88. The van der Waals surface area contributed by atoms with E-state index in [9.17, 15) is 9.59 Å². The number of anilines is 1. The zero-order valence-corrected chi connectivity index (χ0v) is 16.0. The lowest BCUT2D eigenvalue weighted by atomic mass is 10.1. The van der Waals surface area contributed by atoms with Crippen LogP contribution in [0.4, 0.5) is 5.69 Å². The number of ether oxygens (including phenoxy) is 1. The number of hydrogen-bond donors (Lipinski definition) is 1. The van der Waals surface area contributed by atoms with Gasteiger partial charge in [-0.25, -0.2) is 0 Å². The van der Waals surface area contributed by atoms with Crippen molar-refractivity contribution in [3.63, 3.8) is 0 Å². The minimum atomic E-state index is -0.891. The maximum absolute atomic E-state index is 12.4. The lowest BCUT2D eigenvalue weighted by Crippen LogP contribution is -2.30. The molecule has 0 aliphatic rings. The first-order valence-corrected chi connectivity index (χ1v) is 8.88. The van der Waals surface area contributed by atoms with Gasteiger partial charge in [-0.05, 0) is 56.5 Å². The molecule has 5 nitrogen and oxygen atoms in total. The predicted octanol–water partition coefficient (Wildman–Crippen LogP) is 4.47. The van der Waals surface area contributed by atoms with Gasteiger partial charge in [0.1, 0.15) is 5.58 Å². The molecule has 0 radical (unpaired) electrons. The van der Waals surface area contributed by atoms with Gasteiger partial charge in [0.25, 0.3) is 5.91 Å². The average Bonchev–Trinajstić information content (AvgIpc) is 2.99. The Morgan fingerprint density at radius 1 is 1.07 bits per heavy atom. The van der Waals surface area contributed by atoms with Crippen molar-refractivity contribution in [2.45, 2.75) is 40.2 Å². The van der Waals surface area contributed by atoms with E-state index in [1.54, 1.807) is 13.2 Å². The molecule has 0 aliphatic heterocycles. The fourth-order valence-corrected chi connectivity index (χ4v) is 2.88. The highest BCUT2D eigenvalue weighted by Crippen LogP contribution is 2.23. The molecule has 1 N–H and O–H groups in total. The number of hydrogen-bond acceptors (Lipinski definition) is 4. The van der Waals surface area contributed by atoms with E-state index in [0.717, 1.165) is 38.9 Å². The van der Waals surface area contributed by atoms with Gasteiger partial charge in [-0.3, -0.25) is 9.59 Å². The Hall–Kier alpha value is -3.08. The third-order valence-corrected chi connectivity index (χ3v) is 4.47. The van der Waals surface area contributed by atoms with E-state index in [-0.39, 0.29) is 12.3 Å². The van der Waals surface area contributed by atoms with Crippen LogP contribution in [0.25, 0.3) is 11.0 Å². The summed E-state index contributed by atoms with van der Waals surface area (Å²) in [4.78, 5) is 24.6. The number of fused-ring (bicyclic) bond motifs is 1. The number of esters is 1.